The van der Waals surface area contributed by atoms with Crippen LogP contribution < -0.4 is 10.6 Å². The molecule has 0 aliphatic rings. The summed E-state index contributed by atoms with van der Waals surface area (Å²) >= 11 is 0. The highest BCUT2D eigenvalue weighted by Gasteiger charge is 2.23. The van der Waals surface area contributed by atoms with Crippen molar-refractivity contribution >= 4 is 27.5 Å². The molecule has 2 amide bonds. The first-order valence-electron chi connectivity index (χ1n) is 8.00. The molecule has 0 fully saturated rings. The summed E-state index contributed by atoms with van der Waals surface area (Å²) in [5, 5.41) is 5.12. The van der Waals surface area contributed by atoms with E-state index in [0.29, 0.717) is 16.8 Å². The number of benzene rings is 2. The van der Waals surface area contributed by atoms with Gasteiger partial charge in [-0.3, -0.25) is 9.59 Å². The minimum atomic E-state index is -3.94. The number of halogens is 1. The second-order valence-corrected chi connectivity index (χ2v) is 7.87. The van der Waals surface area contributed by atoms with Gasteiger partial charge in [-0.1, -0.05) is 6.07 Å². The highest BCUT2D eigenvalue weighted by atomic mass is 32.2. The zero-order valence-corrected chi connectivity index (χ0v) is 15.9. The van der Waals surface area contributed by atoms with Gasteiger partial charge in [-0.2, -0.15) is 4.31 Å². The standard InChI is InChI=1S/C18H20FN3O4S/c1-12-15(18(24)20-2)5-4-6-16(12)21-17(23)11-22(3)27(25,26)14-9-7-13(19)8-10-14/h4-10H,11H2,1-3H3,(H,20,24)(H,21,23). The van der Waals surface area contributed by atoms with Gasteiger partial charge in [0.1, 0.15) is 5.82 Å². The van der Waals surface area contributed by atoms with Crippen LogP contribution in [0.25, 0.3) is 0 Å². The van der Waals surface area contributed by atoms with E-state index in [1.807, 2.05) is 0 Å². The van der Waals surface area contributed by atoms with Crippen molar-refractivity contribution in [1.29, 1.82) is 0 Å². The van der Waals surface area contributed by atoms with Gasteiger partial charge < -0.3 is 10.6 Å². The molecule has 0 spiro atoms. The molecule has 9 heteroatoms. The molecule has 27 heavy (non-hydrogen) atoms. The van der Waals surface area contributed by atoms with E-state index in [0.717, 1.165) is 28.6 Å². The van der Waals surface area contributed by atoms with Crippen molar-refractivity contribution in [2.24, 2.45) is 0 Å². The molecule has 2 N–H and O–H groups in total. The van der Waals surface area contributed by atoms with E-state index in [-0.39, 0.29) is 10.8 Å². The number of sulfonamides is 1. The summed E-state index contributed by atoms with van der Waals surface area (Å²) in [6.45, 7) is 1.24. The molecular formula is C18H20FN3O4S. The molecule has 2 aromatic rings. The smallest absolute Gasteiger partial charge is 0.251 e. The third kappa shape index (κ3) is 4.69. The summed E-state index contributed by atoms with van der Waals surface area (Å²) in [7, 11) is -1.18. The molecule has 0 aliphatic heterocycles. The van der Waals surface area contributed by atoms with Crippen molar-refractivity contribution in [3.63, 3.8) is 0 Å². The number of hydrogen-bond donors (Lipinski definition) is 2. The van der Waals surface area contributed by atoms with Crippen molar-refractivity contribution < 1.29 is 22.4 Å². The zero-order chi connectivity index (χ0) is 20.2. The van der Waals surface area contributed by atoms with E-state index in [4.69, 9.17) is 0 Å². The summed E-state index contributed by atoms with van der Waals surface area (Å²) in [5.41, 5.74) is 1.38. The van der Waals surface area contributed by atoms with Gasteiger partial charge >= 0.3 is 0 Å². The number of hydrogen-bond acceptors (Lipinski definition) is 4. The first-order valence-corrected chi connectivity index (χ1v) is 9.44. The number of likely N-dealkylation sites (N-methyl/N-ethyl adjacent to an activating group) is 1. The maximum atomic E-state index is 13.0. The predicted molar refractivity (Wildman–Crippen MR) is 99.4 cm³/mol. The lowest BCUT2D eigenvalue weighted by molar-refractivity contribution is -0.116. The Morgan fingerprint density at radius 1 is 1.11 bits per heavy atom. The number of nitrogens with zero attached hydrogens (tertiary/aromatic N) is 1. The minimum Gasteiger partial charge on any atom is -0.355 e. The molecule has 2 rings (SSSR count). The van der Waals surface area contributed by atoms with Gasteiger partial charge in [0.05, 0.1) is 11.4 Å². The predicted octanol–water partition coefficient (Wildman–Crippen LogP) is 1.75. The second kappa shape index (κ2) is 8.28. The quantitative estimate of drug-likeness (QED) is 0.782. The highest BCUT2D eigenvalue weighted by molar-refractivity contribution is 7.89. The maximum Gasteiger partial charge on any atom is 0.251 e. The summed E-state index contributed by atoms with van der Waals surface area (Å²) in [4.78, 5) is 24.0. The average molecular weight is 393 g/mol. The SMILES string of the molecule is CNC(=O)c1cccc(NC(=O)CN(C)S(=O)(=O)c2ccc(F)cc2)c1C. The fourth-order valence-corrected chi connectivity index (χ4v) is 3.54. The average Bonchev–Trinajstić information content (AvgIpc) is 2.63. The summed E-state index contributed by atoms with van der Waals surface area (Å²) in [6.07, 6.45) is 0. The first kappa shape index (κ1) is 20.5. The van der Waals surface area contributed by atoms with Crippen molar-refractivity contribution in [2.45, 2.75) is 11.8 Å². The van der Waals surface area contributed by atoms with Crippen molar-refractivity contribution in [2.75, 3.05) is 26.0 Å². The van der Waals surface area contributed by atoms with E-state index in [9.17, 15) is 22.4 Å². The summed E-state index contributed by atoms with van der Waals surface area (Å²) in [5.74, 6) is -1.42. The van der Waals surface area contributed by atoms with Gasteiger partial charge in [-0.05, 0) is 48.9 Å². The summed E-state index contributed by atoms with van der Waals surface area (Å²) < 4.78 is 38.8. The summed E-state index contributed by atoms with van der Waals surface area (Å²) in [6, 6.07) is 9.20. The van der Waals surface area contributed by atoms with Crippen LogP contribution in [-0.2, 0) is 14.8 Å². The van der Waals surface area contributed by atoms with Crippen LogP contribution in [0.3, 0.4) is 0 Å². The van der Waals surface area contributed by atoms with Gasteiger partial charge in [-0.25, -0.2) is 12.8 Å². The molecule has 0 aliphatic carbocycles. The van der Waals surface area contributed by atoms with Gasteiger partial charge in [0.2, 0.25) is 15.9 Å². The molecule has 0 bridgehead atoms. The Labute approximate surface area is 157 Å². The van der Waals surface area contributed by atoms with Gasteiger partial charge in [0, 0.05) is 25.3 Å². The number of nitrogens with one attached hydrogen (secondary N) is 2. The van der Waals surface area contributed by atoms with Crippen LogP contribution in [0.5, 0.6) is 0 Å². The molecule has 0 aromatic heterocycles. The first-order chi connectivity index (χ1) is 12.7. The van der Waals surface area contributed by atoms with Crippen LogP contribution in [0.15, 0.2) is 47.4 Å². The number of rotatable bonds is 6. The molecule has 7 nitrogen and oxygen atoms in total. The Morgan fingerprint density at radius 3 is 2.33 bits per heavy atom. The Hall–Kier alpha value is -2.78. The fraction of sp³-hybridized carbons (Fsp3) is 0.222. The van der Waals surface area contributed by atoms with Crippen LogP contribution in [0.4, 0.5) is 10.1 Å². The Kier molecular flexibility index (Phi) is 6.29. The third-order valence-electron chi connectivity index (χ3n) is 3.97. The van der Waals surface area contributed by atoms with Gasteiger partial charge in [0.15, 0.2) is 0 Å². The van der Waals surface area contributed by atoms with Crippen molar-refractivity contribution in [3.05, 3.63) is 59.4 Å². The number of carbonyl (C=O) groups is 2. The van der Waals surface area contributed by atoms with Gasteiger partial charge in [-0.15, -0.1) is 0 Å². The Morgan fingerprint density at radius 2 is 1.74 bits per heavy atom. The van der Waals surface area contributed by atoms with Crippen molar-refractivity contribution in [1.82, 2.24) is 9.62 Å². The number of amides is 2. The van der Waals surface area contributed by atoms with Crippen LogP contribution in [0, 0.1) is 12.7 Å². The van der Waals surface area contributed by atoms with Crippen LogP contribution in [-0.4, -0.2) is 45.2 Å². The van der Waals surface area contributed by atoms with Crippen molar-refractivity contribution in [3.8, 4) is 0 Å². The Balaban J connectivity index is 2.14. The molecule has 0 atom stereocenters. The third-order valence-corrected chi connectivity index (χ3v) is 5.79. The molecule has 2 aromatic carbocycles. The van der Waals surface area contributed by atoms with E-state index in [1.165, 1.54) is 14.1 Å². The number of carbonyl (C=O) groups excluding carboxylic acids is 2. The van der Waals surface area contributed by atoms with E-state index < -0.39 is 28.3 Å². The van der Waals surface area contributed by atoms with E-state index >= 15 is 0 Å². The Bertz CT molecular complexity index is 959. The van der Waals surface area contributed by atoms with E-state index in [1.54, 1.807) is 25.1 Å². The monoisotopic (exact) mass is 393 g/mol. The molecular weight excluding hydrogens is 373 g/mol. The lowest BCUT2D eigenvalue weighted by Crippen LogP contribution is -2.35. The lowest BCUT2D eigenvalue weighted by atomic mass is 10.1. The maximum absolute atomic E-state index is 13.0. The lowest BCUT2D eigenvalue weighted by Gasteiger charge is -2.18. The molecule has 0 heterocycles. The molecule has 0 radical (unpaired) electrons. The topological polar surface area (TPSA) is 95.6 Å². The normalized spacial score (nSPS) is 11.3. The van der Waals surface area contributed by atoms with E-state index in [2.05, 4.69) is 10.6 Å². The van der Waals surface area contributed by atoms with Crippen LogP contribution in [0.1, 0.15) is 15.9 Å². The number of anilines is 1. The van der Waals surface area contributed by atoms with Crippen LogP contribution >= 0.6 is 0 Å². The minimum absolute atomic E-state index is 0.114. The molecule has 0 saturated carbocycles. The highest BCUT2D eigenvalue weighted by Crippen LogP contribution is 2.19. The molecule has 0 unspecified atom stereocenters. The fourth-order valence-electron chi connectivity index (χ4n) is 2.42. The zero-order valence-electron chi connectivity index (χ0n) is 15.1. The molecule has 0 saturated heterocycles. The second-order valence-electron chi connectivity index (χ2n) is 5.82. The van der Waals surface area contributed by atoms with Crippen LogP contribution in [0.2, 0.25) is 0 Å². The largest absolute Gasteiger partial charge is 0.355 e. The van der Waals surface area contributed by atoms with Gasteiger partial charge in [0.25, 0.3) is 5.91 Å². The molecule has 144 valence electrons.